The molecule has 1 saturated heterocycles. The van der Waals surface area contributed by atoms with E-state index in [1.54, 1.807) is 12.1 Å². The Morgan fingerprint density at radius 3 is 2.59 bits per heavy atom. The summed E-state index contributed by atoms with van der Waals surface area (Å²) < 4.78 is 13.8. The lowest BCUT2D eigenvalue weighted by molar-refractivity contribution is -0.118. The highest BCUT2D eigenvalue weighted by molar-refractivity contribution is 7.99. The highest BCUT2D eigenvalue weighted by Crippen LogP contribution is 2.23. The number of thioether (sulfide) groups is 1. The smallest absolute Gasteiger partial charge is 0.230 e. The quantitative estimate of drug-likeness (QED) is 0.694. The molecule has 0 aromatic heterocycles. The summed E-state index contributed by atoms with van der Waals surface area (Å²) in [6.07, 6.45) is 2.53. The van der Waals surface area contributed by atoms with Crippen molar-refractivity contribution in [3.05, 3.63) is 70.0 Å². The number of hydrogen-bond acceptors (Lipinski definition) is 3. The monoisotopic (exact) mass is 406 g/mol. The molecule has 1 N–H and O–H groups in total. The second kappa shape index (κ2) is 10.1. The normalized spacial score (nSPS) is 14.4. The van der Waals surface area contributed by atoms with E-state index in [9.17, 15) is 9.18 Å². The van der Waals surface area contributed by atoms with Gasteiger partial charge in [-0.25, -0.2) is 4.39 Å². The molecule has 6 heteroatoms. The Kier molecular flexibility index (Phi) is 7.56. The molecule has 2 aromatic rings. The number of nitrogens with zero attached hydrogens (tertiary/aromatic N) is 1. The largest absolute Gasteiger partial charge is 0.351 e. The summed E-state index contributed by atoms with van der Waals surface area (Å²) in [4.78, 5) is 14.6. The summed E-state index contributed by atoms with van der Waals surface area (Å²) in [7, 11) is 0. The van der Waals surface area contributed by atoms with Crippen molar-refractivity contribution >= 4 is 29.3 Å². The van der Waals surface area contributed by atoms with Crippen molar-refractivity contribution in [3.63, 3.8) is 0 Å². The van der Waals surface area contributed by atoms with E-state index in [0.717, 1.165) is 25.2 Å². The molecule has 1 aliphatic rings. The third-order valence-electron chi connectivity index (χ3n) is 4.73. The van der Waals surface area contributed by atoms with Gasteiger partial charge in [0, 0.05) is 29.4 Å². The first kappa shape index (κ1) is 20.2. The standard InChI is InChI=1S/C21H24ClFN2OS/c22-19-8-5-9-20(23)18(19)14-27-15-21(26)24-12-16-6-1-2-7-17(16)13-25-10-3-4-11-25/h1-2,5-9H,3-4,10-15H2,(H,24,26). The molecule has 0 radical (unpaired) electrons. The first-order valence-electron chi connectivity index (χ1n) is 9.20. The van der Waals surface area contributed by atoms with Crippen LogP contribution in [-0.2, 0) is 23.6 Å². The zero-order valence-electron chi connectivity index (χ0n) is 15.2. The number of likely N-dealkylation sites (tertiary alicyclic amines) is 1. The van der Waals surface area contributed by atoms with Crippen LogP contribution in [0.4, 0.5) is 4.39 Å². The molecular weight excluding hydrogens is 383 g/mol. The number of hydrogen-bond donors (Lipinski definition) is 1. The first-order chi connectivity index (χ1) is 13.1. The minimum absolute atomic E-state index is 0.0524. The highest BCUT2D eigenvalue weighted by Gasteiger charge is 2.14. The molecule has 3 nitrogen and oxygen atoms in total. The number of amides is 1. The molecule has 0 unspecified atom stereocenters. The minimum atomic E-state index is -0.328. The number of benzene rings is 2. The third-order valence-corrected chi connectivity index (χ3v) is 6.04. The molecular formula is C21H24ClFN2OS. The van der Waals surface area contributed by atoms with Crippen molar-refractivity contribution < 1.29 is 9.18 Å². The highest BCUT2D eigenvalue weighted by atomic mass is 35.5. The number of halogens is 2. The van der Waals surface area contributed by atoms with Crippen LogP contribution in [0.3, 0.4) is 0 Å². The molecule has 0 atom stereocenters. The van der Waals surface area contributed by atoms with Crippen LogP contribution < -0.4 is 5.32 Å². The van der Waals surface area contributed by atoms with E-state index in [1.807, 2.05) is 12.1 Å². The maximum Gasteiger partial charge on any atom is 0.230 e. The fourth-order valence-electron chi connectivity index (χ4n) is 3.23. The van der Waals surface area contributed by atoms with Gasteiger partial charge in [0.05, 0.1) is 5.75 Å². The molecule has 2 aromatic carbocycles. The molecule has 0 aliphatic carbocycles. The minimum Gasteiger partial charge on any atom is -0.351 e. The second-order valence-electron chi connectivity index (χ2n) is 6.72. The molecule has 3 rings (SSSR count). The van der Waals surface area contributed by atoms with E-state index >= 15 is 0 Å². The van der Waals surface area contributed by atoms with Crippen molar-refractivity contribution in [2.24, 2.45) is 0 Å². The van der Waals surface area contributed by atoms with Gasteiger partial charge in [0.25, 0.3) is 0 Å². The molecule has 144 valence electrons. The van der Waals surface area contributed by atoms with E-state index in [-0.39, 0.29) is 17.5 Å². The Morgan fingerprint density at radius 1 is 1.11 bits per heavy atom. The van der Waals surface area contributed by atoms with Gasteiger partial charge in [0.2, 0.25) is 5.91 Å². The summed E-state index contributed by atoms with van der Waals surface area (Å²) in [5, 5.41) is 3.38. The number of carbonyl (C=O) groups is 1. The Labute approximate surface area is 169 Å². The lowest BCUT2D eigenvalue weighted by Crippen LogP contribution is -2.26. The van der Waals surface area contributed by atoms with Gasteiger partial charge >= 0.3 is 0 Å². The van der Waals surface area contributed by atoms with E-state index in [1.165, 1.54) is 36.2 Å². The van der Waals surface area contributed by atoms with Crippen LogP contribution in [0.1, 0.15) is 29.5 Å². The summed E-state index contributed by atoms with van der Waals surface area (Å²) in [5.74, 6) is 0.276. The predicted octanol–water partition coefficient (Wildman–Crippen LogP) is 4.62. The van der Waals surface area contributed by atoms with Gasteiger partial charge in [-0.3, -0.25) is 9.69 Å². The maximum absolute atomic E-state index is 13.8. The van der Waals surface area contributed by atoms with Gasteiger partial charge in [-0.2, -0.15) is 0 Å². The molecule has 0 bridgehead atoms. The molecule has 1 aliphatic heterocycles. The number of rotatable bonds is 8. The molecule has 0 saturated carbocycles. The van der Waals surface area contributed by atoms with Crippen LogP contribution in [0.2, 0.25) is 5.02 Å². The molecule has 1 heterocycles. The van der Waals surface area contributed by atoms with Crippen molar-refractivity contribution in [1.29, 1.82) is 0 Å². The van der Waals surface area contributed by atoms with Crippen molar-refractivity contribution in [2.75, 3.05) is 18.8 Å². The zero-order valence-corrected chi connectivity index (χ0v) is 16.8. The van der Waals surface area contributed by atoms with Gasteiger partial charge in [0.15, 0.2) is 0 Å². The molecule has 1 fully saturated rings. The van der Waals surface area contributed by atoms with E-state index < -0.39 is 0 Å². The summed E-state index contributed by atoms with van der Waals surface area (Å²) >= 11 is 7.38. The Morgan fingerprint density at radius 2 is 1.85 bits per heavy atom. The fourth-order valence-corrected chi connectivity index (χ4v) is 4.42. The van der Waals surface area contributed by atoms with Crippen LogP contribution in [0.15, 0.2) is 42.5 Å². The molecule has 1 amide bonds. The second-order valence-corrected chi connectivity index (χ2v) is 8.11. The van der Waals surface area contributed by atoms with E-state index in [4.69, 9.17) is 11.6 Å². The molecule has 27 heavy (non-hydrogen) atoms. The van der Waals surface area contributed by atoms with Crippen molar-refractivity contribution in [3.8, 4) is 0 Å². The Balaban J connectivity index is 1.46. The summed E-state index contributed by atoms with van der Waals surface area (Å²) in [5.41, 5.74) is 2.87. The summed E-state index contributed by atoms with van der Waals surface area (Å²) in [6, 6.07) is 12.9. The number of carbonyl (C=O) groups excluding carboxylic acids is 1. The Hall–Kier alpha value is -1.56. The summed E-state index contributed by atoms with van der Waals surface area (Å²) in [6.45, 7) is 3.75. The van der Waals surface area contributed by atoms with Gasteiger partial charge in [-0.15, -0.1) is 11.8 Å². The van der Waals surface area contributed by atoms with Gasteiger partial charge in [-0.05, 0) is 49.2 Å². The van der Waals surface area contributed by atoms with Gasteiger partial charge < -0.3 is 5.32 Å². The van der Waals surface area contributed by atoms with E-state index in [2.05, 4.69) is 22.3 Å². The first-order valence-corrected chi connectivity index (χ1v) is 10.7. The van der Waals surface area contributed by atoms with Crippen LogP contribution >= 0.6 is 23.4 Å². The number of nitrogens with one attached hydrogen (secondary N) is 1. The topological polar surface area (TPSA) is 32.3 Å². The lowest BCUT2D eigenvalue weighted by Gasteiger charge is -2.17. The third kappa shape index (κ3) is 5.96. The average molecular weight is 407 g/mol. The van der Waals surface area contributed by atoms with Crippen molar-refractivity contribution in [2.45, 2.75) is 31.7 Å². The predicted molar refractivity (Wildman–Crippen MR) is 110 cm³/mol. The van der Waals surface area contributed by atoms with E-state index in [0.29, 0.717) is 22.9 Å². The van der Waals surface area contributed by atoms with Crippen LogP contribution in [0.5, 0.6) is 0 Å². The lowest BCUT2D eigenvalue weighted by atomic mass is 10.1. The molecule has 0 spiro atoms. The zero-order chi connectivity index (χ0) is 19.1. The van der Waals surface area contributed by atoms with Crippen LogP contribution in [0.25, 0.3) is 0 Å². The van der Waals surface area contributed by atoms with Crippen LogP contribution in [0, 0.1) is 5.82 Å². The average Bonchev–Trinajstić information content (AvgIpc) is 3.16. The van der Waals surface area contributed by atoms with Crippen molar-refractivity contribution in [1.82, 2.24) is 10.2 Å². The van der Waals surface area contributed by atoms with Gasteiger partial charge in [0.1, 0.15) is 5.82 Å². The fraction of sp³-hybridized carbons (Fsp3) is 0.381. The maximum atomic E-state index is 13.8. The van der Waals surface area contributed by atoms with Crippen LogP contribution in [-0.4, -0.2) is 29.6 Å². The van der Waals surface area contributed by atoms with Gasteiger partial charge in [-0.1, -0.05) is 41.9 Å². The Bertz CT molecular complexity index is 760. The SMILES string of the molecule is O=C(CSCc1c(F)cccc1Cl)NCc1ccccc1CN1CCCC1.